The Morgan fingerprint density at radius 3 is 2.25 bits per heavy atom. The van der Waals surface area contributed by atoms with Gasteiger partial charge in [0.2, 0.25) is 15.9 Å². The molecule has 0 spiro atoms. The number of rotatable bonds is 8. The second kappa shape index (κ2) is 10.0. The predicted octanol–water partition coefficient (Wildman–Crippen LogP) is 3.94. The van der Waals surface area contributed by atoms with E-state index in [4.69, 9.17) is 11.6 Å². The normalized spacial score (nSPS) is 12.7. The Hall–Kier alpha value is -2.40. The van der Waals surface area contributed by atoms with Gasteiger partial charge in [0.1, 0.15) is 0 Å². The number of hydrogen-bond donors (Lipinski definition) is 2. The molecule has 0 aliphatic heterocycles. The van der Waals surface area contributed by atoms with Crippen LogP contribution in [-0.2, 0) is 21.9 Å². The molecule has 11 heteroatoms. The molecule has 1 atom stereocenters. The van der Waals surface area contributed by atoms with Gasteiger partial charge in [0.15, 0.2) is 11.0 Å². The zero-order valence-corrected chi connectivity index (χ0v) is 20.4. The van der Waals surface area contributed by atoms with Crippen LogP contribution in [0.25, 0.3) is 11.4 Å². The van der Waals surface area contributed by atoms with Crippen LogP contribution in [-0.4, -0.2) is 40.4 Å². The third-order valence-corrected chi connectivity index (χ3v) is 7.47. The fourth-order valence-electron chi connectivity index (χ4n) is 2.82. The van der Waals surface area contributed by atoms with E-state index in [-0.39, 0.29) is 16.8 Å². The Morgan fingerprint density at radius 1 is 1.03 bits per heavy atom. The summed E-state index contributed by atoms with van der Waals surface area (Å²) in [4.78, 5) is 12.8. The molecule has 0 bridgehead atoms. The van der Waals surface area contributed by atoms with Gasteiger partial charge < -0.3 is 9.88 Å². The van der Waals surface area contributed by atoms with Crippen LogP contribution in [0.2, 0.25) is 5.02 Å². The van der Waals surface area contributed by atoms with Crippen LogP contribution >= 0.6 is 23.4 Å². The molecule has 3 aromatic rings. The number of aromatic nitrogens is 3. The summed E-state index contributed by atoms with van der Waals surface area (Å²) in [5.41, 5.74) is 1.38. The molecule has 1 heterocycles. The number of carbonyl (C=O) groups excluding carboxylic acids is 1. The average molecular weight is 494 g/mol. The zero-order chi connectivity index (χ0) is 23.5. The van der Waals surface area contributed by atoms with Crippen LogP contribution in [0.4, 0.5) is 5.69 Å². The fourth-order valence-corrected chi connectivity index (χ4v) is 5.01. The van der Waals surface area contributed by atoms with Crippen molar-refractivity contribution in [1.82, 2.24) is 19.5 Å². The van der Waals surface area contributed by atoms with Crippen molar-refractivity contribution in [2.24, 2.45) is 7.05 Å². The third kappa shape index (κ3) is 5.89. The summed E-state index contributed by atoms with van der Waals surface area (Å²) in [6, 6.07) is 13.1. The Balaban J connectivity index is 1.65. The molecule has 1 aromatic heterocycles. The van der Waals surface area contributed by atoms with Crippen molar-refractivity contribution in [3.63, 3.8) is 0 Å². The monoisotopic (exact) mass is 493 g/mol. The molecular formula is C21H24ClN5O3S2. The number of thioether (sulfide) groups is 1. The lowest BCUT2D eigenvalue weighted by molar-refractivity contribution is -0.115. The van der Waals surface area contributed by atoms with Crippen LogP contribution in [0.5, 0.6) is 0 Å². The van der Waals surface area contributed by atoms with Gasteiger partial charge in [0, 0.05) is 29.4 Å². The van der Waals surface area contributed by atoms with Crippen LogP contribution in [0.3, 0.4) is 0 Å². The summed E-state index contributed by atoms with van der Waals surface area (Å²) >= 11 is 7.22. The highest BCUT2D eigenvalue weighted by Gasteiger charge is 2.20. The van der Waals surface area contributed by atoms with Gasteiger partial charge in [-0.05, 0) is 69.3 Å². The van der Waals surface area contributed by atoms with Crippen molar-refractivity contribution >= 4 is 45.0 Å². The minimum atomic E-state index is -3.58. The van der Waals surface area contributed by atoms with E-state index < -0.39 is 15.3 Å². The summed E-state index contributed by atoms with van der Waals surface area (Å²) in [7, 11) is -1.75. The molecule has 2 N–H and O–H groups in total. The first-order chi connectivity index (χ1) is 15.1. The van der Waals surface area contributed by atoms with E-state index in [0.717, 1.165) is 5.56 Å². The van der Waals surface area contributed by atoms with Gasteiger partial charge in [0.25, 0.3) is 0 Å². The maximum absolute atomic E-state index is 12.6. The second-order valence-electron chi connectivity index (χ2n) is 7.42. The molecule has 1 amide bonds. The Morgan fingerprint density at radius 2 is 1.66 bits per heavy atom. The molecule has 0 unspecified atom stereocenters. The number of anilines is 1. The zero-order valence-electron chi connectivity index (χ0n) is 18.0. The lowest BCUT2D eigenvalue weighted by atomic mass is 10.2. The molecule has 3 rings (SSSR count). The summed E-state index contributed by atoms with van der Waals surface area (Å²) < 4.78 is 28.8. The lowest BCUT2D eigenvalue weighted by Crippen LogP contribution is -2.30. The van der Waals surface area contributed by atoms with Crippen LogP contribution in [0.1, 0.15) is 20.8 Å². The number of carbonyl (C=O) groups is 1. The van der Waals surface area contributed by atoms with Gasteiger partial charge in [-0.2, -0.15) is 0 Å². The van der Waals surface area contributed by atoms with Crippen molar-refractivity contribution in [2.75, 3.05) is 5.32 Å². The molecule has 0 fully saturated rings. The quantitative estimate of drug-likeness (QED) is 0.460. The third-order valence-electron chi connectivity index (χ3n) is 4.41. The van der Waals surface area contributed by atoms with E-state index in [1.807, 2.05) is 23.7 Å². The maximum Gasteiger partial charge on any atom is 0.240 e. The number of nitrogens with one attached hydrogen (secondary N) is 2. The molecule has 0 aliphatic rings. The summed E-state index contributed by atoms with van der Waals surface area (Å²) in [6.07, 6.45) is 0. The first-order valence-electron chi connectivity index (χ1n) is 9.82. The van der Waals surface area contributed by atoms with Gasteiger partial charge in [0.05, 0.1) is 10.1 Å². The molecule has 170 valence electrons. The number of nitrogens with zero attached hydrogens (tertiary/aromatic N) is 3. The molecule has 32 heavy (non-hydrogen) atoms. The smallest absolute Gasteiger partial charge is 0.240 e. The number of sulfonamides is 1. The van der Waals surface area contributed by atoms with Crippen molar-refractivity contribution in [3.05, 3.63) is 53.6 Å². The Kier molecular flexibility index (Phi) is 7.60. The average Bonchev–Trinajstić information content (AvgIpc) is 3.08. The van der Waals surface area contributed by atoms with E-state index in [2.05, 4.69) is 20.2 Å². The van der Waals surface area contributed by atoms with E-state index in [9.17, 15) is 13.2 Å². The topological polar surface area (TPSA) is 106 Å². The van der Waals surface area contributed by atoms with Crippen LogP contribution in [0, 0.1) is 0 Å². The highest BCUT2D eigenvalue weighted by Crippen LogP contribution is 2.27. The standard InChI is InChI=1S/C21H24ClN5O3S2/c1-13(2)26-32(29,30)18-11-9-17(10-12-18)23-20(28)14(3)31-21-25-24-19(27(21)4)15-5-7-16(22)8-6-15/h5-14,26H,1-4H3,(H,23,28)/t14-/m0/s1. The van der Waals surface area contributed by atoms with E-state index in [1.165, 1.54) is 23.9 Å². The molecule has 2 aromatic carbocycles. The molecule has 8 nitrogen and oxygen atoms in total. The minimum absolute atomic E-state index is 0.139. The summed E-state index contributed by atoms with van der Waals surface area (Å²) in [5, 5.41) is 12.0. The van der Waals surface area contributed by atoms with Crippen molar-refractivity contribution in [1.29, 1.82) is 0 Å². The number of amides is 1. The highest BCUT2D eigenvalue weighted by molar-refractivity contribution is 8.00. The molecule has 0 saturated heterocycles. The predicted molar refractivity (Wildman–Crippen MR) is 127 cm³/mol. The van der Waals surface area contributed by atoms with Crippen molar-refractivity contribution in [3.8, 4) is 11.4 Å². The Labute approximate surface area is 196 Å². The molecule has 0 radical (unpaired) electrons. The number of benzene rings is 2. The second-order valence-corrected chi connectivity index (χ2v) is 10.9. The number of halogens is 1. The van der Waals surface area contributed by atoms with E-state index in [1.54, 1.807) is 45.0 Å². The molecule has 0 saturated carbocycles. The first-order valence-corrected chi connectivity index (χ1v) is 12.6. The summed E-state index contributed by atoms with van der Waals surface area (Å²) in [6.45, 7) is 5.27. The highest BCUT2D eigenvalue weighted by atomic mass is 35.5. The van der Waals surface area contributed by atoms with E-state index >= 15 is 0 Å². The molecular weight excluding hydrogens is 470 g/mol. The van der Waals surface area contributed by atoms with Gasteiger partial charge >= 0.3 is 0 Å². The minimum Gasteiger partial charge on any atom is -0.325 e. The summed E-state index contributed by atoms with van der Waals surface area (Å²) in [5.74, 6) is 0.436. The largest absolute Gasteiger partial charge is 0.325 e. The Bertz CT molecular complexity index is 1190. The van der Waals surface area contributed by atoms with Gasteiger partial charge in [-0.3, -0.25) is 4.79 Å². The maximum atomic E-state index is 12.6. The van der Waals surface area contributed by atoms with Gasteiger partial charge in [-0.25, -0.2) is 13.1 Å². The first kappa shape index (κ1) is 24.2. The number of hydrogen-bond acceptors (Lipinski definition) is 6. The lowest BCUT2D eigenvalue weighted by Gasteiger charge is -2.13. The SMILES string of the molecule is CC(C)NS(=O)(=O)c1ccc(NC(=O)[C@H](C)Sc2nnc(-c3ccc(Cl)cc3)n2C)cc1. The molecule has 0 aliphatic carbocycles. The van der Waals surface area contributed by atoms with Crippen LogP contribution in [0.15, 0.2) is 58.6 Å². The van der Waals surface area contributed by atoms with E-state index in [0.29, 0.717) is 21.7 Å². The van der Waals surface area contributed by atoms with Gasteiger partial charge in [-0.1, -0.05) is 23.4 Å². The van der Waals surface area contributed by atoms with Crippen molar-refractivity contribution < 1.29 is 13.2 Å². The van der Waals surface area contributed by atoms with Gasteiger partial charge in [-0.15, -0.1) is 10.2 Å². The fraction of sp³-hybridized carbons (Fsp3) is 0.286. The van der Waals surface area contributed by atoms with Crippen LogP contribution < -0.4 is 10.0 Å². The van der Waals surface area contributed by atoms with Crippen molar-refractivity contribution in [2.45, 2.75) is 42.1 Å².